The predicted octanol–water partition coefficient (Wildman–Crippen LogP) is 1.16. The molecule has 2 N–H and O–H groups in total. The third-order valence-electron chi connectivity index (χ3n) is 4.98. The third-order valence-corrected chi connectivity index (χ3v) is 4.98. The van der Waals surface area contributed by atoms with Crippen LogP contribution in [-0.2, 0) is 16.0 Å². The lowest BCUT2D eigenvalue weighted by Gasteiger charge is -2.28. The van der Waals surface area contributed by atoms with E-state index in [0.717, 1.165) is 0 Å². The molecule has 1 aliphatic rings. The van der Waals surface area contributed by atoms with Crippen LogP contribution < -0.4 is 15.8 Å². The maximum atomic E-state index is 12.5. The number of anilines is 1. The van der Waals surface area contributed by atoms with Gasteiger partial charge in [0.1, 0.15) is 5.54 Å². The second-order valence-electron chi connectivity index (χ2n) is 6.53. The van der Waals surface area contributed by atoms with E-state index < -0.39 is 5.54 Å². The average molecular weight is 360 g/mol. The van der Waals surface area contributed by atoms with Crippen molar-refractivity contribution in [3.63, 3.8) is 0 Å². The number of morpholine rings is 1. The molecule has 26 heavy (non-hydrogen) atoms. The van der Waals surface area contributed by atoms with Crippen LogP contribution in [0.5, 0.6) is 0 Å². The molecule has 1 amide bonds. The van der Waals surface area contributed by atoms with E-state index in [1.54, 1.807) is 6.92 Å². The Morgan fingerprint density at radius 3 is 2.58 bits per heavy atom. The first-order chi connectivity index (χ1) is 12.4. The van der Waals surface area contributed by atoms with Gasteiger partial charge in [0.2, 0.25) is 11.9 Å². The molecule has 7 heteroatoms. The first-order valence-corrected chi connectivity index (χ1v) is 9.16. The van der Waals surface area contributed by atoms with Gasteiger partial charge in [-0.2, -0.15) is 0 Å². The lowest BCUT2D eigenvalue weighted by Crippen LogP contribution is -2.46. The molecule has 2 rings (SSSR count). The fourth-order valence-corrected chi connectivity index (χ4v) is 3.05. The fourth-order valence-electron chi connectivity index (χ4n) is 3.05. The summed E-state index contributed by atoms with van der Waals surface area (Å²) >= 11 is 0. The molecule has 0 radical (unpaired) electrons. The van der Waals surface area contributed by atoms with Gasteiger partial charge in [-0.3, -0.25) is 14.6 Å². The molecule has 0 bridgehead atoms. The Morgan fingerprint density at radius 2 is 2.04 bits per heavy atom. The van der Waals surface area contributed by atoms with Gasteiger partial charge >= 0.3 is 0 Å². The number of ether oxygens (including phenoxy) is 1. The van der Waals surface area contributed by atoms with Crippen LogP contribution in [-0.4, -0.2) is 47.7 Å². The molecule has 1 aliphatic heterocycles. The summed E-state index contributed by atoms with van der Waals surface area (Å²) in [6, 6.07) is 0. The van der Waals surface area contributed by atoms with Gasteiger partial charge in [0.05, 0.1) is 13.2 Å². The van der Waals surface area contributed by atoms with Gasteiger partial charge in [0.15, 0.2) is 0 Å². The van der Waals surface area contributed by atoms with Crippen LogP contribution in [0.4, 0.5) is 5.95 Å². The molecule has 0 saturated carbocycles. The van der Waals surface area contributed by atoms with Crippen LogP contribution in [0.2, 0.25) is 0 Å². The van der Waals surface area contributed by atoms with Crippen molar-refractivity contribution in [3.05, 3.63) is 21.6 Å². The molecule has 0 aromatic carbocycles. The Hall–Kier alpha value is -2.33. The van der Waals surface area contributed by atoms with E-state index in [4.69, 9.17) is 11.2 Å². The zero-order valence-corrected chi connectivity index (χ0v) is 15.9. The number of aryl methyl sites for hydroxylation is 1. The van der Waals surface area contributed by atoms with E-state index in [0.29, 0.717) is 62.8 Å². The molecule has 7 nitrogen and oxygen atoms in total. The van der Waals surface area contributed by atoms with E-state index in [1.165, 1.54) is 0 Å². The zero-order chi connectivity index (χ0) is 19.2. The molecule has 1 aromatic rings. The van der Waals surface area contributed by atoms with E-state index in [1.807, 2.05) is 18.7 Å². The number of H-pyrrole nitrogens is 1. The Bertz CT molecular complexity index is 725. The smallest absolute Gasteiger partial charge is 0.255 e. The molecule has 1 aromatic heterocycles. The van der Waals surface area contributed by atoms with E-state index >= 15 is 0 Å². The first-order valence-electron chi connectivity index (χ1n) is 9.16. The number of nitrogens with zero attached hydrogens (tertiary/aromatic N) is 2. The van der Waals surface area contributed by atoms with Gasteiger partial charge in [-0.25, -0.2) is 4.98 Å². The SMILES string of the molecule is C#CC(CC)(CC)NC(=O)CCc1c(C)nc(N2CCOCC2)[nH]c1=O. The van der Waals surface area contributed by atoms with Gasteiger partial charge in [-0.05, 0) is 26.2 Å². The van der Waals surface area contributed by atoms with Crippen LogP contribution >= 0.6 is 0 Å². The van der Waals surface area contributed by atoms with Crippen LogP contribution in [0.1, 0.15) is 44.4 Å². The van der Waals surface area contributed by atoms with Crippen molar-refractivity contribution in [1.29, 1.82) is 0 Å². The maximum absolute atomic E-state index is 12.5. The highest BCUT2D eigenvalue weighted by Crippen LogP contribution is 2.15. The van der Waals surface area contributed by atoms with Crippen LogP contribution in [0.25, 0.3) is 0 Å². The van der Waals surface area contributed by atoms with E-state index in [9.17, 15) is 9.59 Å². The van der Waals surface area contributed by atoms with Crippen molar-refractivity contribution in [2.75, 3.05) is 31.2 Å². The number of hydrogen-bond donors (Lipinski definition) is 2. The second kappa shape index (κ2) is 8.86. The van der Waals surface area contributed by atoms with Crippen LogP contribution in [0, 0.1) is 19.3 Å². The number of carbonyl (C=O) groups excluding carboxylic acids is 1. The number of nitrogens with one attached hydrogen (secondary N) is 2. The van der Waals surface area contributed by atoms with Crippen LogP contribution in [0.15, 0.2) is 4.79 Å². The van der Waals surface area contributed by atoms with Crippen molar-refractivity contribution in [2.24, 2.45) is 0 Å². The molecule has 2 heterocycles. The Kier molecular flexibility index (Phi) is 6.81. The summed E-state index contributed by atoms with van der Waals surface area (Å²) in [5.41, 5.74) is 0.381. The molecule has 1 fully saturated rings. The molecule has 1 saturated heterocycles. The molecule has 0 spiro atoms. The normalized spacial score (nSPS) is 14.8. The monoisotopic (exact) mass is 360 g/mol. The van der Waals surface area contributed by atoms with Gasteiger partial charge in [0.25, 0.3) is 5.56 Å². The van der Waals surface area contributed by atoms with Gasteiger partial charge < -0.3 is 15.0 Å². The van der Waals surface area contributed by atoms with E-state index in [-0.39, 0.29) is 17.9 Å². The second-order valence-corrected chi connectivity index (χ2v) is 6.53. The summed E-state index contributed by atoms with van der Waals surface area (Å²) in [5, 5.41) is 2.92. The van der Waals surface area contributed by atoms with Crippen molar-refractivity contribution in [1.82, 2.24) is 15.3 Å². The number of aromatic nitrogens is 2. The minimum absolute atomic E-state index is 0.150. The van der Waals surface area contributed by atoms with Gasteiger partial charge in [0, 0.05) is 30.8 Å². The predicted molar refractivity (Wildman–Crippen MR) is 101 cm³/mol. The standard InChI is InChI=1S/C19H28N4O3/c1-5-19(6-2,7-3)22-16(24)9-8-15-14(4)20-18(21-17(15)25)23-10-12-26-13-11-23/h1H,6-13H2,2-4H3,(H,22,24)(H,20,21,25). The Morgan fingerprint density at radius 1 is 1.38 bits per heavy atom. The molecular weight excluding hydrogens is 332 g/mol. The highest BCUT2D eigenvalue weighted by Gasteiger charge is 2.25. The first kappa shape index (κ1) is 20.0. The highest BCUT2D eigenvalue weighted by atomic mass is 16.5. The topological polar surface area (TPSA) is 87.3 Å². The molecule has 0 aliphatic carbocycles. The third kappa shape index (κ3) is 4.64. The molecular formula is C19H28N4O3. The van der Waals surface area contributed by atoms with Gasteiger partial charge in [-0.1, -0.05) is 19.8 Å². The number of carbonyl (C=O) groups is 1. The summed E-state index contributed by atoms with van der Waals surface area (Å²) in [6.45, 7) is 8.35. The fraction of sp³-hybridized carbons (Fsp3) is 0.632. The number of aromatic amines is 1. The largest absolute Gasteiger partial charge is 0.378 e. The quantitative estimate of drug-likeness (QED) is 0.713. The van der Waals surface area contributed by atoms with E-state index in [2.05, 4.69) is 21.2 Å². The summed E-state index contributed by atoms with van der Waals surface area (Å²) < 4.78 is 5.32. The molecule has 0 atom stereocenters. The summed E-state index contributed by atoms with van der Waals surface area (Å²) in [4.78, 5) is 34.1. The Labute approximate surface area is 154 Å². The summed E-state index contributed by atoms with van der Waals surface area (Å²) in [5.74, 6) is 3.09. The lowest BCUT2D eigenvalue weighted by atomic mass is 9.93. The Balaban J connectivity index is 2.04. The van der Waals surface area contributed by atoms with Crippen LogP contribution in [0.3, 0.4) is 0 Å². The van der Waals surface area contributed by atoms with Crippen molar-refractivity contribution >= 4 is 11.9 Å². The minimum Gasteiger partial charge on any atom is -0.378 e. The number of amides is 1. The van der Waals surface area contributed by atoms with Gasteiger partial charge in [-0.15, -0.1) is 6.42 Å². The lowest BCUT2D eigenvalue weighted by molar-refractivity contribution is -0.122. The van der Waals surface area contributed by atoms with Crippen molar-refractivity contribution in [2.45, 2.75) is 52.0 Å². The average Bonchev–Trinajstić information content (AvgIpc) is 2.66. The minimum atomic E-state index is -0.614. The number of terminal acetylenes is 1. The highest BCUT2D eigenvalue weighted by molar-refractivity contribution is 5.77. The number of rotatable bonds is 7. The van der Waals surface area contributed by atoms with Crippen molar-refractivity contribution in [3.8, 4) is 12.3 Å². The maximum Gasteiger partial charge on any atom is 0.255 e. The molecule has 142 valence electrons. The molecule has 0 unspecified atom stereocenters. The zero-order valence-electron chi connectivity index (χ0n) is 15.9. The number of hydrogen-bond acceptors (Lipinski definition) is 5. The van der Waals surface area contributed by atoms with Crippen molar-refractivity contribution < 1.29 is 9.53 Å². The summed E-state index contributed by atoms with van der Waals surface area (Å²) in [6.07, 6.45) is 7.44. The summed E-state index contributed by atoms with van der Waals surface area (Å²) in [7, 11) is 0.